The molecule has 1 aromatic heterocycles. The molecule has 2 N–H and O–H groups in total. The highest BCUT2D eigenvalue weighted by Crippen LogP contribution is 2.16. The smallest absolute Gasteiger partial charge is 0.344 e. The van der Waals surface area contributed by atoms with Crippen molar-refractivity contribution < 1.29 is 9.59 Å². The van der Waals surface area contributed by atoms with Crippen LogP contribution in [0.5, 0.6) is 0 Å². The molecular weight excluding hydrogens is 292 g/mol. The van der Waals surface area contributed by atoms with Gasteiger partial charge in [0.15, 0.2) is 10.9 Å². The molecule has 0 radical (unpaired) electrons. The van der Waals surface area contributed by atoms with Gasteiger partial charge in [0.1, 0.15) is 0 Å². The van der Waals surface area contributed by atoms with Crippen molar-refractivity contribution in [3.05, 3.63) is 10.5 Å². The van der Waals surface area contributed by atoms with E-state index in [0.717, 1.165) is 0 Å². The third-order valence-electron chi connectivity index (χ3n) is 2.94. The molecule has 0 bridgehead atoms. The van der Waals surface area contributed by atoms with Gasteiger partial charge in [-0.15, -0.1) is 5.10 Å². The van der Waals surface area contributed by atoms with Gasteiger partial charge < -0.3 is 5.32 Å². The molecule has 0 saturated heterocycles. The van der Waals surface area contributed by atoms with Gasteiger partial charge in [-0.25, -0.2) is 9.89 Å². The van der Waals surface area contributed by atoms with Crippen LogP contribution < -0.4 is 11.0 Å². The van der Waals surface area contributed by atoms with Crippen LogP contribution in [0.25, 0.3) is 0 Å². The molecule has 1 heterocycles. The van der Waals surface area contributed by atoms with Crippen molar-refractivity contribution in [2.75, 3.05) is 5.75 Å². The molecule has 1 amide bonds. The van der Waals surface area contributed by atoms with Gasteiger partial charge in [0.25, 0.3) is 0 Å². The van der Waals surface area contributed by atoms with E-state index in [0.29, 0.717) is 5.16 Å². The first kappa shape index (κ1) is 17.5. The van der Waals surface area contributed by atoms with Gasteiger partial charge in [0.2, 0.25) is 5.91 Å². The quantitative estimate of drug-likeness (QED) is 0.731. The van der Waals surface area contributed by atoms with E-state index in [1.807, 2.05) is 27.7 Å². The highest BCUT2D eigenvalue weighted by Gasteiger charge is 2.21. The van der Waals surface area contributed by atoms with Crippen LogP contribution >= 0.6 is 11.8 Å². The number of hydrogen-bond donors (Lipinski definition) is 2. The van der Waals surface area contributed by atoms with E-state index in [2.05, 4.69) is 15.5 Å². The monoisotopic (exact) mass is 314 g/mol. The van der Waals surface area contributed by atoms with Gasteiger partial charge in [-0.3, -0.25) is 14.2 Å². The minimum absolute atomic E-state index is 0.0377. The predicted octanol–water partition coefficient (Wildman–Crippen LogP) is 0.974. The Hall–Kier alpha value is -1.57. The van der Waals surface area contributed by atoms with Crippen molar-refractivity contribution in [2.24, 2.45) is 5.92 Å². The summed E-state index contributed by atoms with van der Waals surface area (Å²) < 4.78 is 1.49. The molecule has 0 spiro atoms. The van der Waals surface area contributed by atoms with Gasteiger partial charge >= 0.3 is 5.69 Å². The van der Waals surface area contributed by atoms with Gasteiger partial charge in [-0.2, -0.15) is 0 Å². The fraction of sp³-hybridized carbons (Fsp3) is 0.692. The first-order chi connectivity index (χ1) is 9.73. The van der Waals surface area contributed by atoms with Crippen LogP contribution in [0, 0.1) is 5.92 Å². The fourth-order valence-corrected chi connectivity index (χ4v) is 2.82. The SMILES string of the molecule is CC(=O)C(NC(=O)CSc1n[nH]c(=O)n1C(C)C)C(C)C. The summed E-state index contributed by atoms with van der Waals surface area (Å²) in [5.74, 6) is -0.175. The van der Waals surface area contributed by atoms with Gasteiger partial charge in [-0.1, -0.05) is 25.6 Å². The standard InChI is InChI=1S/C13H22N4O3S/c1-7(2)11(9(5)18)14-10(19)6-21-13-16-15-12(20)17(13)8(3)4/h7-8,11H,6H2,1-5H3,(H,14,19)(H,15,20). The number of Topliss-reactive ketones (excluding diaryl/α,β-unsaturated/α-hetero) is 1. The molecule has 0 saturated carbocycles. The Kier molecular flexibility index (Phi) is 6.19. The fourth-order valence-electron chi connectivity index (χ4n) is 1.93. The lowest BCUT2D eigenvalue weighted by Gasteiger charge is -2.19. The molecule has 21 heavy (non-hydrogen) atoms. The Bertz CT molecular complexity index is 562. The number of aromatic nitrogens is 3. The second-order valence-corrected chi connectivity index (χ2v) is 6.41. The predicted molar refractivity (Wildman–Crippen MR) is 81.4 cm³/mol. The number of H-pyrrole nitrogens is 1. The van der Waals surface area contributed by atoms with E-state index in [-0.39, 0.29) is 35.1 Å². The van der Waals surface area contributed by atoms with E-state index in [4.69, 9.17) is 0 Å². The molecule has 0 fully saturated rings. The average molecular weight is 314 g/mol. The summed E-state index contributed by atoms with van der Waals surface area (Å²) in [6.07, 6.45) is 0. The molecule has 8 heteroatoms. The number of hydrogen-bond acceptors (Lipinski definition) is 5. The first-order valence-corrected chi connectivity index (χ1v) is 7.82. The number of nitrogens with one attached hydrogen (secondary N) is 2. The number of amides is 1. The number of aromatic amines is 1. The second kappa shape index (κ2) is 7.44. The third kappa shape index (κ3) is 4.73. The van der Waals surface area contributed by atoms with Crippen LogP contribution in [-0.2, 0) is 9.59 Å². The number of nitrogens with zero attached hydrogens (tertiary/aromatic N) is 2. The van der Waals surface area contributed by atoms with Crippen LogP contribution in [0.1, 0.15) is 40.7 Å². The summed E-state index contributed by atoms with van der Waals surface area (Å²) in [7, 11) is 0. The summed E-state index contributed by atoms with van der Waals surface area (Å²) in [5.41, 5.74) is -0.295. The van der Waals surface area contributed by atoms with E-state index >= 15 is 0 Å². The van der Waals surface area contributed by atoms with Gasteiger partial charge in [0.05, 0.1) is 11.8 Å². The van der Waals surface area contributed by atoms with Gasteiger partial charge in [-0.05, 0) is 26.7 Å². The van der Waals surface area contributed by atoms with Crippen LogP contribution in [0.3, 0.4) is 0 Å². The average Bonchev–Trinajstić information content (AvgIpc) is 2.74. The molecule has 118 valence electrons. The Labute approximate surface area is 127 Å². The number of carbonyl (C=O) groups is 2. The summed E-state index contributed by atoms with van der Waals surface area (Å²) in [6.45, 7) is 8.95. The number of thioether (sulfide) groups is 1. The van der Waals surface area contributed by atoms with Crippen molar-refractivity contribution in [3.8, 4) is 0 Å². The Morgan fingerprint density at radius 1 is 1.33 bits per heavy atom. The molecule has 0 aliphatic heterocycles. The maximum atomic E-state index is 11.9. The summed E-state index contributed by atoms with van der Waals surface area (Å²) in [4.78, 5) is 34.9. The normalized spacial score (nSPS) is 12.7. The topological polar surface area (TPSA) is 96.8 Å². The summed E-state index contributed by atoms with van der Waals surface area (Å²) in [5, 5.41) is 9.44. The highest BCUT2D eigenvalue weighted by atomic mass is 32.2. The summed E-state index contributed by atoms with van der Waals surface area (Å²) in [6, 6.07) is -0.521. The number of carbonyl (C=O) groups excluding carboxylic acids is 2. The van der Waals surface area contributed by atoms with Crippen molar-refractivity contribution in [1.82, 2.24) is 20.1 Å². The molecular formula is C13H22N4O3S. The van der Waals surface area contributed by atoms with Crippen molar-refractivity contribution >= 4 is 23.5 Å². The van der Waals surface area contributed by atoms with Gasteiger partial charge in [0, 0.05) is 6.04 Å². The van der Waals surface area contributed by atoms with Crippen LogP contribution in [-0.4, -0.2) is 38.2 Å². The lowest BCUT2D eigenvalue weighted by atomic mass is 10.0. The lowest BCUT2D eigenvalue weighted by molar-refractivity contribution is -0.126. The minimum atomic E-state index is -0.482. The minimum Gasteiger partial charge on any atom is -0.345 e. The number of ketones is 1. The molecule has 0 aliphatic rings. The van der Waals surface area contributed by atoms with E-state index < -0.39 is 6.04 Å². The molecule has 7 nitrogen and oxygen atoms in total. The summed E-state index contributed by atoms with van der Waals surface area (Å²) >= 11 is 1.17. The second-order valence-electron chi connectivity index (χ2n) is 5.46. The molecule has 1 rings (SSSR count). The molecule has 0 aromatic carbocycles. The molecule has 0 aliphatic carbocycles. The largest absolute Gasteiger partial charge is 0.345 e. The van der Waals surface area contributed by atoms with Crippen molar-refractivity contribution in [2.45, 2.75) is 51.9 Å². The molecule has 1 aromatic rings. The van der Waals surface area contributed by atoms with E-state index in [1.165, 1.54) is 23.3 Å². The van der Waals surface area contributed by atoms with E-state index in [1.54, 1.807) is 0 Å². The first-order valence-electron chi connectivity index (χ1n) is 6.83. The molecule has 1 unspecified atom stereocenters. The Balaban J connectivity index is 2.65. The highest BCUT2D eigenvalue weighted by molar-refractivity contribution is 7.99. The Morgan fingerprint density at radius 3 is 2.43 bits per heavy atom. The molecule has 1 atom stereocenters. The van der Waals surface area contributed by atoms with Crippen LogP contribution in [0.2, 0.25) is 0 Å². The number of rotatable bonds is 7. The van der Waals surface area contributed by atoms with Crippen molar-refractivity contribution in [3.63, 3.8) is 0 Å². The maximum Gasteiger partial charge on any atom is 0.344 e. The maximum absolute atomic E-state index is 11.9. The zero-order chi connectivity index (χ0) is 16.2. The third-order valence-corrected chi connectivity index (χ3v) is 3.89. The van der Waals surface area contributed by atoms with E-state index in [9.17, 15) is 14.4 Å². The van der Waals surface area contributed by atoms with Crippen LogP contribution in [0.15, 0.2) is 9.95 Å². The lowest BCUT2D eigenvalue weighted by Crippen LogP contribution is -2.44. The van der Waals surface area contributed by atoms with Crippen LogP contribution in [0.4, 0.5) is 0 Å². The zero-order valence-corrected chi connectivity index (χ0v) is 13.8. The van der Waals surface area contributed by atoms with Crippen molar-refractivity contribution in [1.29, 1.82) is 0 Å². The Morgan fingerprint density at radius 2 is 1.95 bits per heavy atom. The zero-order valence-electron chi connectivity index (χ0n) is 13.0.